The highest BCUT2D eigenvalue weighted by molar-refractivity contribution is 7.89. The van der Waals surface area contributed by atoms with Crippen molar-refractivity contribution in [2.24, 2.45) is 0 Å². The Morgan fingerprint density at radius 1 is 1.26 bits per heavy atom. The van der Waals surface area contributed by atoms with E-state index < -0.39 is 10.0 Å². The number of amides is 1. The predicted molar refractivity (Wildman–Crippen MR) is 101 cm³/mol. The van der Waals surface area contributed by atoms with Gasteiger partial charge in [0.2, 0.25) is 10.0 Å². The van der Waals surface area contributed by atoms with Crippen LogP contribution in [0.5, 0.6) is 0 Å². The number of likely N-dealkylation sites (tertiary alicyclic amines) is 1. The fourth-order valence-electron chi connectivity index (χ4n) is 3.59. The number of aryl methyl sites for hydroxylation is 1. The number of carbonyl (C=O) groups is 1. The molecule has 27 heavy (non-hydrogen) atoms. The average Bonchev–Trinajstić information content (AvgIpc) is 2.69. The molecule has 3 rings (SSSR count). The highest BCUT2D eigenvalue weighted by Crippen LogP contribution is 2.23. The molecule has 150 valence electrons. The van der Waals surface area contributed by atoms with Gasteiger partial charge < -0.3 is 14.4 Å². The predicted octanol–water partition coefficient (Wildman–Crippen LogP) is 1.66. The Hall–Kier alpha value is -1.48. The van der Waals surface area contributed by atoms with Crippen molar-refractivity contribution >= 4 is 15.9 Å². The van der Waals surface area contributed by atoms with E-state index in [0.717, 1.165) is 18.4 Å². The van der Waals surface area contributed by atoms with Gasteiger partial charge in [0.05, 0.1) is 24.2 Å². The van der Waals surface area contributed by atoms with Crippen molar-refractivity contribution in [1.29, 1.82) is 0 Å². The van der Waals surface area contributed by atoms with Crippen molar-refractivity contribution in [3.05, 3.63) is 29.3 Å². The monoisotopic (exact) mass is 396 g/mol. The lowest BCUT2D eigenvalue weighted by Crippen LogP contribution is -2.43. The highest BCUT2D eigenvalue weighted by atomic mass is 32.2. The van der Waals surface area contributed by atoms with E-state index in [2.05, 4.69) is 0 Å². The van der Waals surface area contributed by atoms with Crippen LogP contribution in [-0.4, -0.2) is 75.6 Å². The summed E-state index contributed by atoms with van der Waals surface area (Å²) >= 11 is 0. The van der Waals surface area contributed by atoms with Crippen LogP contribution in [0.15, 0.2) is 23.1 Å². The van der Waals surface area contributed by atoms with E-state index in [0.29, 0.717) is 51.6 Å². The second-order valence-electron chi connectivity index (χ2n) is 6.96. The lowest BCUT2D eigenvalue weighted by Gasteiger charge is -2.33. The molecule has 1 amide bonds. The van der Waals surface area contributed by atoms with Gasteiger partial charge in [-0.1, -0.05) is 6.07 Å². The Labute approximate surface area is 161 Å². The number of hydrogen-bond acceptors (Lipinski definition) is 5. The maximum atomic E-state index is 13.1. The quantitative estimate of drug-likeness (QED) is 0.757. The third kappa shape index (κ3) is 4.51. The minimum absolute atomic E-state index is 0.0493. The molecule has 0 aromatic heterocycles. The first kappa shape index (κ1) is 20.3. The Bertz CT molecular complexity index is 772. The van der Waals surface area contributed by atoms with Crippen molar-refractivity contribution in [1.82, 2.24) is 9.21 Å². The Morgan fingerprint density at radius 2 is 2.00 bits per heavy atom. The second-order valence-corrected chi connectivity index (χ2v) is 8.90. The molecule has 0 N–H and O–H groups in total. The molecule has 0 bridgehead atoms. The molecule has 1 unspecified atom stereocenters. The zero-order valence-electron chi connectivity index (χ0n) is 16.0. The van der Waals surface area contributed by atoms with Crippen LogP contribution in [0.2, 0.25) is 0 Å². The summed E-state index contributed by atoms with van der Waals surface area (Å²) in [6.45, 7) is 7.08. The van der Waals surface area contributed by atoms with Crippen LogP contribution in [0, 0.1) is 6.92 Å². The summed E-state index contributed by atoms with van der Waals surface area (Å²) < 4.78 is 38.2. The molecule has 2 saturated heterocycles. The SMILES string of the molecule is CCOC1CCCN(C(=O)c2cc(S(=O)(=O)N3CCOCC3)ccc2C)C1. The third-order valence-electron chi connectivity index (χ3n) is 5.12. The van der Waals surface area contributed by atoms with Crippen molar-refractivity contribution in [3.8, 4) is 0 Å². The van der Waals surface area contributed by atoms with Crippen molar-refractivity contribution < 1.29 is 22.7 Å². The molecular formula is C19H28N2O5S. The summed E-state index contributed by atoms with van der Waals surface area (Å²) in [7, 11) is -3.63. The Balaban J connectivity index is 1.83. The molecule has 0 radical (unpaired) electrons. The highest BCUT2D eigenvalue weighted by Gasteiger charge is 2.29. The number of carbonyl (C=O) groups excluding carboxylic acids is 1. The minimum atomic E-state index is -3.63. The standard InChI is InChI=1S/C19H28N2O5S/c1-3-26-16-5-4-8-20(14-16)19(22)18-13-17(7-6-15(18)2)27(23,24)21-9-11-25-12-10-21/h6-7,13,16H,3-5,8-12,14H2,1-2H3. The van der Waals surface area contributed by atoms with E-state index in [1.165, 1.54) is 10.4 Å². The maximum absolute atomic E-state index is 13.1. The number of morpholine rings is 1. The molecule has 7 nitrogen and oxygen atoms in total. The van der Waals surface area contributed by atoms with Gasteiger partial charge in [-0.15, -0.1) is 0 Å². The number of piperidine rings is 1. The molecule has 2 fully saturated rings. The fourth-order valence-corrected chi connectivity index (χ4v) is 5.03. The van der Waals surface area contributed by atoms with Gasteiger partial charge in [-0.05, 0) is 44.4 Å². The van der Waals surface area contributed by atoms with E-state index >= 15 is 0 Å². The molecule has 1 aromatic carbocycles. The number of hydrogen-bond donors (Lipinski definition) is 0. The van der Waals surface area contributed by atoms with Gasteiger partial charge in [0.25, 0.3) is 5.91 Å². The van der Waals surface area contributed by atoms with Gasteiger partial charge in [-0.3, -0.25) is 4.79 Å². The second kappa shape index (κ2) is 8.68. The van der Waals surface area contributed by atoms with Gasteiger partial charge in [0.1, 0.15) is 0 Å². The summed E-state index contributed by atoms with van der Waals surface area (Å²) in [6.07, 6.45) is 1.89. The van der Waals surface area contributed by atoms with Crippen LogP contribution in [-0.2, 0) is 19.5 Å². The summed E-state index contributed by atoms with van der Waals surface area (Å²) in [5.41, 5.74) is 1.22. The van der Waals surface area contributed by atoms with Gasteiger partial charge in [0.15, 0.2) is 0 Å². The van der Waals surface area contributed by atoms with E-state index in [9.17, 15) is 13.2 Å². The first-order valence-corrected chi connectivity index (χ1v) is 11.0. The molecule has 1 atom stereocenters. The number of ether oxygens (including phenoxy) is 2. The number of benzene rings is 1. The summed E-state index contributed by atoms with van der Waals surface area (Å²) in [5.74, 6) is -0.129. The fraction of sp³-hybridized carbons (Fsp3) is 0.632. The Kier molecular flexibility index (Phi) is 6.52. The molecule has 0 saturated carbocycles. The number of rotatable bonds is 5. The average molecular weight is 397 g/mol. The van der Waals surface area contributed by atoms with Crippen molar-refractivity contribution in [2.45, 2.75) is 37.7 Å². The van der Waals surface area contributed by atoms with Crippen LogP contribution in [0.1, 0.15) is 35.7 Å². The molecule has 1 aromatic rings. The van der Waals surface area contributed by atoms with Gasteiger partial charge in [-0.2, -0.15) is 4.31 Å². The topological polar surface area (TPSA) is 76.2 Å². The molecule has 0 spiro atoms. The molecule has 8 heteroatoms. The molecule has 0 aliphatic carbocycles. The van der Waals surface area contributed by atoms with Crippen molar-refractivity contribution in [2.75, 3.05) is 46.0 Å². The van der Waals surface area contributed by atoms with Crippen LogP contribution in [0.25, 0.3) is 0 Å². The van der Waals surface area contributed by atoms with E-state index in [4.69, 9.17) is 9.47 Å². The summed E-state index contributed by atoms with van der Waals surface area (Å²) in [5, 5.41) is 0. The smallest absolute Gasteiger partial charge is 0.254 e. The Morgan fingerprint density at radius 3 is 2.70 bits per heavy atom. The van der Waals surface area contributed by atoms with E-state index in [1.54, 1.807) is 17.0 Å². The largest absolute Gasteiger partial charge is 0.379 e. The normalized spacial score (nSPS) is 22.0. The van der Waals surface area contributed by atoms with Gasteiger partial charge in [-0.25, -0.2) is 8.42 Å². The summed E-state index contributed by atoms with van der Waals surface area (Å²) in [6, 6.07) is 4.81. The first-order valence-electron chi connectivity index (χ1n) is 9.53. The van der Waals surface area contributed by atoms with Crippen LogP contribution in [0.4, 0.5) is 0 Å². The van der Waals surface area contributed by atoms with E-state index in [1.807, 2.05) is 13.8 Å². The van der Waals surface area contributed by atoms with Crippen LogP contribution in [0.3, 0.4) is 0 Å². The lowest BCUT2D eigenvalue weighted by molar-refractivity contribution is 0.00720. The first-order chi connectivity index (χ1) is 12.9. The zero-order chi connectivity index (χ0) is 19.4. The van der Waals surface area contributed by atoms with Crippen molar-refractivity contribution in [3.63, 3.8) is 0 Å². The lowest BCUT2D eigenvalue weighted by atomic mass is 10.0. The van der Waals surface area contributed by atoms with Gasteiger partial charge >= 0.3 is 0 Å². The number of nitrogens with zero attached hydrogens (tertiary/aromatic N) is 2. The molecule has 2 aliphatic rings. The summed E-state index contributed by atoms with van der Waals surface area (Å²) in [4.78, 5) is 15.0. The molecular weight excluding hydrogens is 368 g/mol. The zero-order valence-corrected chi connectivity index (χ0v) is 16.8. The maximum Gasteiger partial charge on any atom is 0.254 e. The van der Waals surface area contributed by atoms with Gasteiger partial charge in [0, 0.05) is 38.3 Å². The van der Waals surface area contributed by atoms with Crippen LogP contribution >= 0.6 is 0 Å². The third-order valence-corrected chi connectivity index (χ3v) is 7.01. The molecule has 2 heterocycles. The molecule has 2 aliphatic heterocycles. The van der Waals surface area contributed by atoms with Crippen LogP contribution < -0.4 is 0 Å². The minimum Gasteiger partial charge on any atom is -0.379 e. The van der Waals surface area contributed by atoms with E-state index in [-0.39, 0.29) is 16.9 Å². The number of sulfonamides is 1.